The SMILES string of the molecule is CCOC(=O)c1cccc(OC(CC)C(=O)OC(C)C)c1. The summed E-state index contributed by atoms with van der Waals surface area (Å²) < 4.78 is 15.7. The highest BCUT2D eigenvalue weighted by Crippen LogP contribution is 2.17. The topological polar surface area (TPSA) is 61.8 Å². The molecule has 0 aromatic heterocycles. The van der Waals surface area contributed by atoms with Crippen molar-refractivity contribution < 1.29 is 23.8 Å². The van der Waals surface area contributed by atoms with Crippen LogP contribution in [0.4, 0.5) is 0 Å². The van der Waals surface area contributed by atoms with Crippen LogP contribution < -0.4 is 4.74 Å². The number of carbonyl (C=O) groups excluding carboxylic acids is 2. The van der Waals surface area contributed by atoms with Gasteiger partial charge in [0.2, 0.25) is 0 Å². The summed E-state index contributed by atoms with van der Waals surface area (Å²) in [6, 6.07) is 6.57. The Balaban J connectivity index is 2.78. The summed E-state index contributed by atoms with van der Waals surface area (Å²) in [5, 5.41) is 0. The molecule has 0 fully saturated rings. The zero-order chi connectivity index (χ0) is 15.8. The molecule has 0 N–H and O–H groups in total. The van der Waals surface area contributed by atoms with Crippen LogP contribution in [0, 0.1) is 0 Å². The van der Waals surface area contributed by atoms with Gasteiger partial charge in [0.05, 0.1) is 18.3 Å². The molecule has 0 saturated carbocycles. The molecule has 1 aromatic carbocycles. The molecule has 1 unspecified atom stereocenters. The second kappa shape index (κ2) is 8.29. The third kappa shape index (κ3) is 5.45. The Labute approximate surface area is 125 Å². The maximum atomic E-state index is 11.9. The highest BCUT2D eigenvalue weighted by atomic mass is 16.6. The molecule has 0 aliphatic heterocycles. The van der Waals surface area contributed by atoms with Crippen LogP contribution in [0.25, 0.3) is 0 Å². The standard InChI is InChI=1S/C16H22O5/c1-5-14(16(18)20-11(3)4)21-13-9-7-8-12(10-13)15(17)19-6-2/h7-11,14H,5-6H2,1-4H3. The molecule has 1 aromatic rings. The minimum Gasteiger partial charge on any atom is -0.479 e. The molecule has 5 nitrogen and oxygen atoms in total. The van der Waals surface area contributed by atoms with E-state index in [9.17, 15) is 9.59 Å². The van der Waals surface area contributed by atoms with Crippen LogP contribution in [0.3, 0.4) is 0 Å². The number of ether oxygens (including phenoxy) is 3. The normalized spacial score (nSPS) is 11.9. The number of hydrogen-bond donors (Lipinski definition) is 0. The first-order chi connectivity index (χ1) is 9.97. The van der Waals surface area contributed by atoms with Gasteiger partial charge in [0.15, 0.2) is 6.10 Å². The molecule has 0 heterocycles. The van der Waals surface area contributed by atoms with E-state index in [0.29, 0.717) is 24.3 Å². The van der Waals surface area contributed by atoms with E-state index in [1.807, 2.05) is 6.92 Å². The summed E-state index contributed by atoms with van der Waals surface area (Å²) in [4.78, 5) is 23.5. The first kappa shape index (κ1) is 17.0. The molecule has 0 radical (unpaired) electrons. The van der Waals surface area contributed by atoms with E-state index >= 15 is 0 Å². The van der Waals surface area contributed by atoms with E-state index in [1.165, 1.54) is 0 Å². The molecule has 0 amide bonds. The van der Waals surface area contributed by atoms with Gasteiger partial charge in [-0.3, -0.25) is 0 Å². The van der Waals surface area contributed by atoms with Crippen LogP contribution in [-0.4, -0.2) is 30.8 Å². The molecule has 116 valence electrons. The maximum Gasteiger partial charge on any atom is 0.347 e. The monoisotopic (exact) mass is 294 g/mol. The fourth-order valence-electron chi connectivity index (χ4n) is 1.68. The quantitative estimate of drug-likeness (QED) is 0.723. The molecular formula is C16H22O5. The van der Waals surface area contributed by atoms with Gasteiger partial charge < -0.3 is 14.2 Å². The summed E-state index contributed by atoms with van der Waals surface area (Å²) in [6.07, 6.45) is -0.402. The molecular weight excluding hydrogens is 272 g/mol. The van der Waals surface area contributed by atoms with Gasteiger partial charge in [-0.25, -0.2) is 9.59 Å². The van der Waals surface area contributed by atoms with Gasteiger partial charge in [-0.2, -0.15) is 0 Å². The Bertz CT molecular complexity index is 481. The molecule has 0 spiro atoms. The minimum atomic E-state index is -0.690. The molecule has 1 atom stereocenters. The van der Waals surface area contributed by atoms with Crippen molar-refractivity contribution in [2.45, 2.75) is 46.3 Å². The van der Waals surface area contributed by atoms with Crippen LogP contribution in [0.1, 0.15) is 44.5 Å². The lowest BCUT2D eigenvalue weighted by molar-refractivity contribution is -0.155. The van der Waals surface area contributed by atoms with Crippen molar-refractivity contribution >= 4 is 11.9 Å². The van der Waals surface area contributed by atoms with E-state index in [2.05, 4.69) is 0 Å². The van der Waals surface area contributed by atoms with E-state index < -0.39 is 18.0 Å². The zero-order valence-corrected chi connectivity index (χ0v) is 12.9. The lowest BCUT2D eigenvalue weighted by Gasteiger charge is -2.18. The Kier molecular flexibility index (Phi) is 6.72. The lowest BCUT2D eigenvalue weighted by atomic mass is 10.2. The predicted octanol–water partition coefficient (Wildman–Crippen LogP) is 2.97. The second-order valence-electron chi connectivity index (χ2n) is 4.75. The van der Waals surface area contributed by atoms with Gasteiger partial charge in [-0.05, 0) is 45.4 Å². The Morgan fingerprint density at radius 3 is 2.48 bits per heavy atom. The van der Waals surface area contributed by atoms with Gasteiger partial charge >= 0.3 is 11.9 Å². The van der Waals surface area contributed by atoms with Crippen molar-refractivity contribution in [3.8, 4) is 5.75 Å². The van der Waals surface area contributed by atoms with Crippen molar-refractivity contribution in [1.82, 2.24) is 0 Å². The fourth-order valence-corrected chi connectivity index (χ4v) is 1.68. The minimum absolute atomic E-state index is 0.194. The second-order valence-corrected chi connectivity index (χ2v) is 4.75. The maximum absolute atomic E-state index is 11.9. The number of rotatable bonds is 7. The van der Waals surface area contributed by atoms with Crippen LogP contribution in [0.2, 0.25) is 0 Å². The van der Waals surface area contributed by atoms with Gasteiger partial charge in [0, 0.05) is 0 Å². The first-order valence-corrected chi connectivity index (χ1v) is 7.12. The average Bonchev–Trinajstić information content (AvgIpc) is 2.44. The Morgan fingerprint density at radius 1 is 1.19 bits per heavy atom. The van der Waals surface area contributed by atoms with Gasteiger partial charge in [-0.1, -0.05) is 13.0 Å². The molecule has 0 aliphatic carbocycles. The molecule has 0 bridgehead atoms. The average molecular weight is 294 g/mol. The highest BCUT2D eigenvalue weighted by Gasteiger charge is 2.21. The summed E-state index contributed by atoms with van der Waals surface area (Å²) in [7, 11) is 0. The zero-order valence-electron chi connectivity index (χ0n) is 12.9. The Morgan fingerprint density at radius 2 is 1.90 bits per heavy atom. The summed E-state index contributed by atoms with van der Waals surface area (Å²) in [5.74, 6) is -0.386. The van der Waals surface area contributed by atoms with Crippen molar-refractivity contribution in [1.29, 1.82) is 0 Å². The Hall–Kier alpha value is -2.04. The van der Waals surface area contributed by atoms with Gasteiger partial charge in [0.1, 0.15) is 5.75 Å². The number of esters is 2. The van der Waals surface area contributed by atoms with E-state index in [0.717, 1.165) is 0 Å². The molecule has 5 heteroatoms. The molecule has 0 saturated heterocycles. The number of benzene rings is 1. The van der Waals surface area contributed by atoms with Crippen molar-refractivity contribution in [3.05, 3.63) is 29.8 Å². The molecule has 21 heavy (non-hydrogen) atoms. The third-order valence-electron chi connectivity index (χ3n) is 2.61. The van der Waals surface area contributed by atoms with E-state index in [1.54, 1.807) is 45.0 Å². The van der Waals surface area contributed by atoms with E-state index in [-0.39, 0.29) is 6.10 Å². The van der Waals surface area contributed by atoms with Gasteiger partial charge in [-0.15, -0.1) is 0 Å². The predicted molar refractivity (Wildman–Crippen MR) is 78.3 cm³/mol. The van der Waals surface area contributed by atoms with Crippen molar-refractivity contribution in [2.75, 3.05) is 6.61 Å². The number of carbonyl (C=O) groups is 2. The van der Waals surface area contributed by atoms with Gasteiger partial charge in [0.25, 0.3) is 0 Å². The third-order valence-corrected chi connectivity index (χ3v) is 2.61. The van der Waals surface area contributed by atoms with Crippen molar-refractivity contribution in [2.24, 2.45) is 0 Å². The molecule has 1 rings (SSSR count). The summed E-state index contributed by atoms with van der Waals surface area (Å²) in [6.45, 7) is 7.45. The van der Waals surface area contributed by atoms with Crippen molar-refractivity contribution in [3.63, 3.8) is 0 Å². The van der Waals surface area contributed by atoms with E-state index in [4.69, 9.17) is 14.2 Å². The molecule has 0 aliphatic rings. The smallest absolute Gasteiger partial charge is 0.347 e. The summed E-state index contributed by atoms with van der Waals surface area (Å²) in [5.41, 5.74) is 0.390. The highest BCUT2D eigenvalue weighted by molar-refractivity contribution is 5.89. The number of hydrogen-bond acceptors (Lipinski definition) is 5. The van der Waals surface area contributed by atoms with Crippen LogP contribution >= 0.6 is 0 Å². The van der Waals surface area contributed by atoms with Crippen LogP contribution in [0.5, 0.6) is 5.75 Å². The summed E-state index contributed by atoms with van der Waals surface area (Å²) >= 11 is 0. The van der Waals surface area contributed by atoms with Crippen LogP contribution in [-0.2, 0) is 14.3 Å². The first-order valence-electron chi connectivity index (χ1n) is 7.12. The largest absolute Gasteiger partial charge is 0.479 e. The van der Waals surface area contributed by atoms with Crippen LogP contribution in [0.15, 0.2) is 24.3 Å². The lowest BCUT2D eigenvalue weighted by Crippen LogP contribution is -2.30. The fraction of sp³-hybridized carbons (Fsp3) is 0.500.